The second-order valence-corrected chi connectivity index (χ2v) is 9.48. The van der Waals surface area contributed by atoms with Crippen LogP contribution in [-0.4, -0.2) is 63.8 Å². The SMILES string of the molecule is CN1CCC(OC2c3ccccc3CCn3cc(-c4ccc(CN(C)C(=O)O)cc4)nc32)CC1. The molecule has 1 saturated heterocycles. The summed E-state index contributed by atoms with van der Waals surface area (Å²) in [6.45, 7) is 3.34. The minimum Gasteiger partial charge on any atom is -0.465 e. The zero-order chi connectivity index (χ0) is 23.7. The lowest BCUT2D eigenvalue weighted by Gasteiger charge is -2.32. The van der Waals surface area contributed by atoms with Crippen molar-refractivity contribution in [2.24, 2.45) is 0 Å². The molecule has 3 aromatic rings. The number of piperidine rings is 1. The summed E-state index contributed by atoms with van der Waals surface area (Å²) in [5, 5.41) is 9.12. The Hall–Kier alpha value is -3.16. The molecule has 1 amide bonds. The number of likely N-dealkylation sites (tertiary alicyclic amines) is 1. The van der Waals surface area contributed by atoms with Gasteiger partial charge in [0.2, 0.25) is 0 Å². The highest BCUT2D eigenvalue weighted by Gasteiger charge is 2.30. The van der Waals surface area contributed by atoms with E-state index in [-0.39, 0.29) is 12.2 Å². The van der Waals surface area contributed by atoms with Crippen LogP contribution in [-0.2, 0) is 24.2 Å². The van der Waals surface area contributed by atoms with E-state index in [0.717, 1.165) is 61.5 Å². The van der Waals surface area contributed by atoms with Crippen LogP contribution in [0.1, 0.15) is 41.5 Å². The van der Waals surface area contributed by atoms with E-state index in [2.05, 4.69) is 47.0 Å². The Morgan fingerprint density at radius 3 is 2.59 bits per heavy atom. The number of fused-ring (bicyclic) bond motifs is 2. The first-order valence-electron chi connectivity index (χ1n) is 12.0. The summed E-state index contributed by atoms with van der Waals surface area (Å²) >= 11 is 0. The smallest absolute Gasteiger partial charge is 0.407 e. The van der Waals surface area contributed by atoms with Gasteiger partial charge in [-0.25, -0.2) is 9.78 Å². The Balaban J connectivity index is 1.43. The second-order valence-electron chi connectivity index (χ2n) is 9.48. The molecule has 2 aliphatic heterocycles. The summed E-state index contributed by atoms with van der Waals surface area (Å²) in [4.78, 5) is 19.8. The van der Waals surface area contributed by atoms with Crippen LogP contribution in [0.25, 0.3) is 11.3 Å². The first-order valence-corrected chi connectivity index (χ1v) is 12.0. The Morgan fingerprint density at radius 1 is 1.12 bits per heavy atom. The van der Waals surface area contributed by atoms with Gasteiger partial charge in [0.1, 0.15) is 11.9 Å². The summed E-state index contributed by atoms with van der Waals surface area (Å²) < 4.78 is 9.03. The molecule has 1 N–H and O–H groups in total. The molecule has 0 radical (unpaired) electrons. The Morgan fingerprint density at radius 2 is 1.85 bits per heavy atom. The lowest BCUT2D eigenvalue weighted by atomic mass is 10.00. The molecule has 2 aliphatic rings. The van der Waals surface area contributed by atoms with Crippen LogP contribution < -0.4 is 0 Å². The number of carboxylic acid groups (broad SMARTS) is 1. The number of aryl methyl sites for hydroxylation is 2. The number of ether oxygens (including phenoxy) is 1. The van der Waals surface area contributed by atoms with Crippen LogP contribution in [0.15, 0.2) is 54.7 Å². The number of imidazole rings is 1. The molecule has 5 rings (SSSR count). The molecule has 1 unspecified atom stereocenters. The van der Waals surface area contributed by atoms with E-state index in [1.807, 2.05) is 24.3 Å². The lowest BCUT2D eigenvalue weighted by molar-refractivity contribution is -0.0275. The van der Waals surface area contributed by atoms with Crippen molar-refractivity contribution in [3.63, 3.8) is 0 Å². The average Bonchev–Trinajstić information content (AvgIpc) is 3.21. The molecule has 1 atom stereocenters. The Labute approximate surface area is 200 Å². The molecule has 2 aromatic carbocycles. The molecular weight excluding hydrogens is 428 g/mol. The molecule has 3 heterocycles. The molecule has 0 spiro atoms. The molecule has 7 heteroatoms. The maximum absolute atomic E-state index is 11.1. The topological polar surface area (TPSA) is 70.8 Å². The molecule has 34 heavy (non-hydrogen) atoms. The maximum Gasteiger partial charge on any atom is 0.407 e. The quantitative estimate of drug-likeness (QED) is 0.611. The first kappa shape index (κ1) is 22.6. The van der Waals surface area contributed by atoms with Crippen molar-refractivity contribution in [3.8, 4) is 11.3 Å². The van der Waals surface area contributed by atoms with Crippen LogP contribution in [0.4, 0.5) is 4.79 Å². The van der Waals surface area contributed by atoms with Crippen molar-refractivity contribution >= 4 is 6.09 Å². The van der Waals surface area contributed by atoms with E-state index in [0.29, 0.717) is 6.54 Å². The van der Waals surface area contributed by atoms with Crippen molar-refractivity contribution in [3.05, 3.63) is 77.2 Å². The number of nitrogens with zero attached hydrogens (tertiary/aromatic N) is 4. The van der Waals surface area contributed by atoms with Gasteiger partial charge in [-0.1, -0.05) is 48.5 Å². The predicted octanol–water partition coefficient (Wildman–Crippen LogP) is 4.42. The van der Waals surface area contributed by atoms with Crippen molar-refractivity contribution in [1.29, 1.82) is 0 Å². The van der Waals surface area contributed by atoms with Gasteiger partial charge in [0.05, 0.1) is 11.8 Å². The molecule has 7 nitrogen and oxygen atoms in total. The predicted molar refractivity (Wildman–Crippen MR) is 131 cm³/mol. The average molecular weight is 461 g/mol. The van der Waals surface area contributed by atoms with Crippen molar-refractivity contribution in [2.75, 3.05) is 27.2 Å². The fraction of sp³-hybridized carbons (Fsp3) is 0.407. The molecule has 1 fully saturated rings. The third-order valence-corrected chi connectivity index (χ3v) is 6.99. The third-order valence-electron chi connectivity index (χ3n) is 6.99. The molecule has 0 bridgehead atoms. The zero-order valence-electron chi connectivity index (χ0n) is 19.9. The highest BCUT2D eigenvalue weighted by molar-refractivity contribution is 5.65. The standard InChI is InChI=1S/C27H32N4O3/c1-29-14-12-22(13-15-29)34-25-23-6-4-3-5-20(23)11-16-31-18-24(28-26(25)31)21-9-7-19(8-10-21)17-30(2)27(32)33/h3-10,18,22,25H,11-17H2,1-2H3,(H,32,33). The number of aromatic nitrogens is 2. The molecular formula is C27H32N4O3. The first-order chi connectivity index (χ1) is 16.5. The third kappa shape index (κ3) is 4.72. The van der Waals surface area contributed by atoms with Gasteiger partial charge >= 0.3 is 6.09 Å². The molecule has 178 valence electrons. The minimum atomic E-state index is -0.933. The number of hydrogen-bond donors (Lipinski definition) is 1. The summed E-state index contributed by atoms with van der Waals surface area (Å²) in [6, 6.07) is 16.6. The van der Waals surface area contributed by atoms with Crippen LogP contribution in [0.2, 0.25) is 0 Å². The number of carbonyl (C=O) groups is 1. The number of hydrogen-bond acceptors (Lipinski definition) is 4. The summed E-state index contributed by atoms with van der Waals surface area (Å²) in [5.41, 5.74) is 5.45. The normalized spacial score (nSPS) is 18.7. The van der Waals surface area contributed by atoms with Crippen LogP contribution in [0, 0.1) is 0 Å². The van der Waals surface area contributed by atoms with Crippen molar-refractivity contribution in [1.82, 2.24) is 19.4 Å². The number of benzene rings is 2. The zero-order valence-corrected chi connectivity index (χ0v) is 19.9. The van der Waals surface area contributed by atoms with Gasteiger partial charge in [0.25, 0.3) is 0 Å². The van der Waals surface area contributed by atoms with E-state index in [1.54, 1.807) is 7.05 Å². The Kier molecular flexibility index (Phi) is 6.39. The van der Waals surface area contributed by atoms with Crippen LogP contribution in [0.3, 0.4) is 0 Å². The lowest BCUT2D eigenvalue weighted by Crippen LogP contribution is -2.35. The van der Waals surface area contributed by atoms with E-state index < -0.39 is 6.09 Å². The van der Waals surface area contributed by atoms with Gasteiger partial charge in [0.15, 0.2) is 0 Å². The molecule has 0 aliphatic carbocycles. The van der Waals surface area contributed by atoms with Gasteiger partial charge < -0.3 is 24.2 Å². The summed E-state index contributed by atoms with van der Waals surface area (Å²) in [6.07, 6.45) is 4.27. The van der Waals surface area contributed by atoms with Crippen molar-refractivity contribution in [2.45, 2.75) is 44.6 Å². The highest BCUT2D eigenvalue weighted by Crippen LogP contribution is 2.35. The van der Waals surface area contributed by atoms with Gasteiger partial charge in [0, 0.05) is 45.0 Å². The second kappa shape index (κ2) is 9.60. The van der Waals surface area contributed by atoms with Gasteiger partial charge in [-0.2, -0.15) is 0 Å². The fourth-order valence-corrected chi connectivity index (χ4v) is 4.93. The van der Waals surface area contributed by atoms with Crippen LogP contribution in [0.5, 0.6) is 0 Å². The number of amides is 1. The van der Waals surface area contributed by atoms with Crippen LogP contribution >= 0.6 is 0 Å². The summed E-state index contributed by atoms with van der Waals surface area (Å²) in [7, 11) is 3.74. The van der Waals surface area contributed by atoms with E-state index in [9.17, 15) is 4.79 Å². The highest BCUT2D eigenvalue weighted by atomic mass is 16.5. The maximum atomic E-state index is 11.1. The van der Waals surface area contributed by atoms with Gasteiger partial charge in [-0.15, -0.1) is 0 Å². The van der Waals surface area contributed by atoms with E-state index in [1.165, 1.54) is 16.0 Å². The monoisotopic (exact) mass is 460 g/mol. The van der Waals surface area contributed by atoms with Gasteiger partial charge in [-0.05, 0) is 43.0 Å². The van der Waals surface area contributed by atoms with Gasteiger partial charge in [-0.3, -0.25) is 0 Å². The Bertz CT molecular complexity index is 1150. The molecule has 1 aromatic heterocycles. The summed E-state index contributed by atoms with van der Waals surface area (Å²) in [5.74, 6) is 0.966. The molecule has 0 saturated carbocycles. The fourth-order valence-electron chi connectivity index (χ4n) is 4.93. The van der Waals surface area contributed by atoms with E-state index in [4.69, 9.17) is 14.8 Å². The van der Waals surface area contributed by atoms with E-state index >= 15 is 0 Å². The largest absolute Gasteiger partial charge is 0.465 e. The van der Waals surface area contributed by atoms with Crippen molar-refractivity contribution < 1.29 is 14.6 Å². The minimum absolute atomic E-state index is 0.177. The number of rotatable bonds is 5.